The summed E-state index contributed by atoms with van der Waals surface area (Å²) >= 11 is 0. The maximum Gasteiger partial charge on any atom is 0.222 e. The van der Waals surface area contributed by atoms with Gasteiger partial charge in [0.2, 0.25) is 5.91 Å². The minimum absolute atomic E-state index is 0.231. The zero-order chi connectivity index (χ0) is 12.7. The number of carbonyl (C=O) groups is 1. The van der Waals surface area contributed by atoms with Gasteiger partial charge in [-0.3, -0.25) is 4.79 Å². The Morgan fingerprint density at radius 1 is 1.53 bits per heavy atom. The van der Waals surface area contributed by atoms with Crippen LogP contribution in [-0.4, -0.2) is 43.2 Å². The molecule has 17 heavy (non-hydrogen) atoms. The highest BCUT2D eigenvalue weighted by molar-refractivity contribution is 5.76. The fourth-order valence-electron chi connectivity index (χ4n) is 2.15. The molecule has 0 aliphatic carbocycles. The summed E-state index contributed by atoms with van der Waals surface area (Å²) in [6.07, 6.45) is 3.82. The highest BCUT2D eigenvalue weighted by Crippen LogP contribution is 2.14. The van der Waals surface area contributed by atoms with Crippen molar-refractivity contribution < 1.29 is 9.53 Å². The number of carbonyl (C=O) groups excluding carboxylic acids is 1. The lowest BCUT2D eigenvalue weighted by Gasteiger charge is -2.32. The lowest BCUT2D eigenvalue weighted by molar-refractivity contribution is -0.139. The Labute approximate surface area is 104 Å². The van der Waals surface area contributed by atoms with Crippen molar-refractivity contribution in [2.75, 3.05) is 26.2 Å². The number of nitrogens with zero attached hydrogens (tertiary/aromatic N) is 1. The topological polar surface area (TPSA) is 55.6 Å². The van der Waals surface area contributed by atoms with Crippen LogP contribution in [0.25, 0.3) is 0 Å². The smallest absolute Gasteiger partial charge is 0.222 e. The van der Waals surface area contributed by atoms with E-state index in [9.17, 15) is 4.79 Å². The lowest BCUT2D eigenvalue weighted by Crippen LogP contribution is -2.45. The quantitative estimate of drug-likeness (QED) is 0.765. The van der Waals surface area contributed by atoms with Crippen LogP contribution in [0.2, 0.25) is 0 Å². The first-order valence-electron chi connectivity index (χ1n) is 6.76. The van der Waals surface area contributed by atoms with Crippen molar-refractivity contribution in [3.05, 3.63) is 0 Å². The van der Waals surface area contributed by atoms with E-state index in [0.29, 0.717) is 25.5 Å². The first kappa shape index (κ1) is 14.5. The van der Waals surface area contributed by atoms with Gasteiger partial charge in [-0.05, 0) is 31.7 Å². The van der Waals surface area contributed by atoms with Crippen LogP contribution in [0.1, 0.15) is 39.5 Å². The molecule has 0 radical (unpaired) electrons. The van der Waals surface area contributed by atoms with E-state index < -0.39 is 0 Å². The Kier molecular flexibility index (Phi) is 6.52. The molecule has 2 N–H and O–H groups in total. The second-order valence-electron chi connectivity index (χ2n) is 4.96. The van der Waals surface area contributed by atoms with Gasteiger partial charge in [0, 0.05) is 19.5 Å². The molecule has 100 valence electrons. The van der Waals surface area contributed by atoms with Crippen LogP contribution < -0.4 is 5.73 Å². The van der Waals surface area contributed by atoms with E-state index in [-0.39, 0.29) is 12.0 Å². The van der Waals surface area contributed by atoms with Gasteiger partial charge in [-0.1, -0.05) is 13.8 Å². The van der Waals surface area contributed by atoms with Gasteiger partial charge >= 0.3 is 0 Å². The van der Waals surface area contributed by atoms with E-state index >= 15 is 0 Å². The SMILES string of the molecule is CCC1CN(C(=O)CCC(C)CCN)CCO1. The van der Waals surface area contributed by atoms with E-state index in [4.69, 9.17) is 10.5 Å². The third-order valence-corrected chi connectivity index (χ3v) is 3.46. The van der Waals surface area contributed by atoms with Crippen LogP contribution in [0.3, 0.4) is 0 Å². The van der Waals surface area contributed by atoms with Crippen molar-refractivity contribution >= 4 is 5.91 Å². The number of hydrogen-bond acceptors (Lipinski definition) is 3. The van der Waals surface area contributed by atoms with E-state index in [1.807, 2.05) is 4.90 Å². The molecule has 2 unspecified atom stereocenters. The largest absolute Gasteiger partial charge is 0.375 e. The number of nitrogens with two attached hydrogens (primary N) is 1. The zero-order valence-electron chi connectivity index (χ0n) is 11.2. The number of hydrogen-bond donors (Lipinski definition) is 1. The van der Waals surface area contributed by atoms with Crippen molar-refractivity contribution in [2.24, 2.45) is 11.7 Å². The molecule has 1 aliphatic heterocycles. The van der Waals surface area contributed by atoms with Crippen molar-refractivity contribution in [1.82, 2.24) is 4.90 Å². The fourth-order valence-corrected chi connectivity index (χ4v) is 2.15. The summed E-state index contributed by atoms with van der Waals surface area (Å²) in [4.78, 5) is 14.0. The van der Waals surface area contributed by atoms with E-state index in [0.717, 1.165) is 32.4 Å². The highest BCUT2D eigenvalue weighted by Gasteiger charge is 2.22. The molecule has 0 aromatic heterocycles. The molecule has 1 fully saturated rings. The van der Waals surface area contributed by atoms with Gasteiger partial charge in [-0.25, -0.2) is 0 Å². The molecule has 0 spiro atoms. The summed E-state index contributed by atoms with van der Waals surface area (Å²) in [7, 11) is 0. The monoisotopic (exact) mass is 242 g/mol. The molecule has 1 saturated heterocycles. The highest BCUT2D eigenvalue weighted by atomic mass is 16.5. The molecule has 0 saturated carbocycles. The number of rotatable bonds is 6. The summed E-state index contributed by atoms with van der Waals surface area (Å²) in [5, 5.41) is 0. The normalized spacial score (nSPS) is 22.5. The third kappa shape index (κ3) is 5.04. The minimum atomic E-state index is 0.231. The Morgan fingerprint density at radius 2 is 2.29 bits per heavy atom. The molecule has 1 rings (SSSR count). The lowest BCUT2D eigenvalue weighted by atomic mass is 10.0. The van der Waals surface area contributed by atoms with E-state index in [2.05, 4.69) is 13.8 Å². The van der Waals surface area contributed by atoms with Crippen molar-refractivity contribution in [1.29, 1.82) is 0 Å². The van der Waals surface area contributed by atoms with Crippen LogP contribution in [0.15, 0.2) is 0 Å². The predicted octanol–water partition coefficient (Wildman–Crippen LogP) is 1.39. The maximum absolute atomic E-state index is 12.0. The summed E-state index contributed by atoms with van der Waals surface area (Å²) in [6.45, 7) is 7.17. The first-order valence-corrected chi connectivity index (χ1v) is 6.76. The molecule has 2 atom stereocenters. The van der Waals surface area contributed by atoms with Gasteiger partial charge in [0.1, 0.15) is 0 Å². The third-order valence-electron chi connectivity index (χ3n) is 3.46. The van der Waals surface area contributed by atoms with Crippen LogP contribution in [0.4, 0.5) is 0 Å². The molecule has 0 aromatic rings. The van der Waals surface area contributed by atoms with Gasteiger partial charge in [0.25, 0.3) is 0 Å². The number of ether oxygens (including phenoxy) is 1. The van der Waals surface area contributed by atoms with Gasteiger partial charge < -0.3 is 15.4 Å². The van der Waals surface area contributed by atoms with Gasteiger partial charge in [0.05, 0.1) is 12.7 Å². The summed E-state index contributed by atoms with van der Waals surface area (Å²) < 4.78 is 5.56. The Bertz CT molecular complexity index is 233. The average Bonchev–Trinajstić information content (AvgIpc) is 2.36. The molecule has 1 amide bonds. The zero-order valence-corrected chi connectivity index (χ0v) is 11.2. The van der Waals surface area contributed by atoms with Crippen LogP contribution in [-0.2, 0) is 9.53 Å². The van der Waals surface area contributed by atoms with Crippen LogP contribution in [0.5, 0.6) is 0 Å². The molecule has 0 aromatic carbocycles. The second-order valence-corrected chi connectivity index (χ2v) is 4.96. The van der Waals surface area contributed by atoms with Crippen molar-refractivity contribution in [2.45, 2.75) is 45.6 Å². The predicted molar refractivity (Wildman–Crippen MR) is 68.7 cm³/mol. The van der Waals surface area contributed by atoms with Gasteiger partial charge in [-0.15, -0.1) is 0 Å². The Hall–Kier alpha value is -0.610. The summed E-state index contributed by atoms with van der Waals surface area (Å²) in [6, 6.07) is 0. The van der Waals surface area contributed by atoms with Gasteiger partial charge in [0.15, 0.2) is 0 Å². The molecule has 1 aliphatic rings. The molecule has 1 heterocycles. The second kappa shape index (κ2) is 7.67. The van der Waals surface area contributed by atoms with Crippen molar-refractivity contribution in [3.8, 4) is 0 Å². The van der Waals surface area contributed by atoms with E-state index in [1.54, 1.807) is 0 Å². The van der Waals surface area contributed by atoms with Crippen LogP contribution >= 0.6 is 0 Å². The summed E-state index contributed by atoms with van der Waals surface area (Å²) in [5.41, 5.74) is 5.50. The first-order chi connectivity index (χ1) is 8.17. The molecule has 0 bridgehead atoms. The minimum Gasteiger partial charge on any atom is -0.375 e. The van der Waals surface area contributed by atoms with E-state index in [1.165, 1.54) is 0 Å². The molecular weight excluding hydrogens is 216 g/mol. The van der Waals surface area contributed by atoms with Crippen molar-refractivity contribution in [3.63, 3.8) is 0 Å². The summed E-state index contributed by atoms with van der Waals surface area (Å²) in [5.74, 6) is 0.822. The Morgan fingerprint density at radius 3 is 2.94 bits per heavy atom. The standard InChI is InChI=1S/C13H26N2O2/c1-3-12-10-15(8-9-17-12)13(16)5-4-11(2)6-7-14/h11-12H,3-10,14H2,1-2H3. The maximum atomic E-state index is 12.0. The molecular formula is C13H26N2O2. The fraction of sp³-hybridized carbons (Fsp3) is 0.923. The number of morpholine rings is 1. The van der Waals surface area contributed by atoms with Crippen LogP contribution in [0, 0.1) is 5.92 Å². The van der Waals surface area contributed by atoms with Gasteiger partial charge in [-0.2, -0.15) is 0 Å². The molecule has 4 nitrogen and oxygen atoms in total. The molecule has 4 heteroatoms. The number of amides is 1. The average molecular weight is 242 g/mol. The Balaban J connectivity index is 2.27.